The summed E-state index contributed by atoms with van der Waals surface area (Å²) in [5, 5.41) is 15.0. The first kappa shape index (κ1) is 26.2. The van der Waals surface area contributed by atoms with E-state index in [9.17, 15) is 19.5 Å². The summed E-state index contributed by atoms with van der Waals surface area (Å²) in [4.78, 5) is 37.2. The van der Waals surface area contributed by atoms with Gasteiger partial charge in [-0.05, 0) is 34.6 Å². The molecule has 3 N–H and O–H groups in total. The van der Waals surface area contributed by atoms with Crippen LogP contribution in [0.15, 0.2) is 48.5 Å². The number of alkyl carbamates (subject to hydrolysis) is 1. The lowest BCUT2D eigenvalue weighted by atomic mass is 9.95. The van der Waals surface area contributed by atoms with Gasteiger partial charge in [0.25, 0.3) is 0 Å². The SMILES string of the molecule is CCC(COC)(NC(=O)C[C@@H](NC(=O)OCC1c2ccccc2-c2ccccc21)C(C)C)C(=O)O. The fourth-order valence-electron chi connectivity index (χ4n) is 4.50. The highest BCUT2D eigenvalue weighted by molar-refractivity contribution is 5.87. The number of carbonyl (C=O) groups excluding carboxylic acids is 2. The molecule has 1 aliphatic carbocycles. The summed E-state index contributed by atoms with van der Waals surface area (Å²) >= 11 is 0. The van der Waals surface area contributed by atoms with E-state index in [0.717, 1.165) is 22.3 Å². The minimum Gasteiger partial charge on any atom is -0.479 e. The maximum atomic E-state index is 12.7. The number of hydrogen-bond acceptors (Lipinski definition) is 5. The number of nitrogens with one attached hydrogen (secondary N) is 2. The number of fused-ring (bicyclic) bond motifs is 3. The molecule has 3 rings (SSSR count). The molecule has 0 spiro atoms. The van der Waals surface area contributed by atoms with Gasteiger partial charge in [-0.3, -0.25) is 4.79 Å². The molecule has 1 unspecified atom stereocenters. The Morgan fingerprint density at radius 3 is 2.09 bits per heavy atom. The molecule has 8 heteroatoms. The number of benzene rings is 2. The number of carbonyl (C=O) groups is 3. The molecule has 2 aromatic carbocycles. The van der Waals surface area contributed by atoms with E-state index < -0.39 is 29.6 Å². The molecule has 0 radical (unpaired) electrons. The smallest absolute Gasteiger partial charge is 0.407 e. The predicted octanol–water partition coefficient (Wildman–Crippen LogP) is 3.94. The average molecular weight is 483 g/mol. The Hall–Kier alpha value is -3.39. The van der Waals surface area contributed by atoms with E-state index in [-0.39, 0.29) is 37.9 Å². The van der Waals surface area contributed by atoms with Crippen molar-refractivity contribution in [3.05, 3.63) is 59.7 Å². The largest absolute Gasteiger partial charge is 0.479 e. The van der Waals surface area contributed by atoms with Crippen LogP contribution >= 0.6 is 0 Å². The molecule has 0 aliphatic heterocycles. The van der Waals surface area contributed by atoms with Gasteiger partial charge >= 0.3 is 12.1 Å². The maximum Gasteiger partial charge on any atom is 0.407 e. The predicted molar refractivity (Wildman–Crippen MR) is 132 cm³/mol. The summed E-state index contributed by atoms with van der Waals surface area (Å²) in [5.41, 5.74) is 3.00. The topological polar surface area (TPSA) is 114 Å². The Kier molecular flexibility index (Phi) is 8.51. The zero-order chi connectivity index (χ0) is 25.6. The first-order valence-corrected chi connectivity index (χ1v) is 11.9. The van der Waals surface area contributed by atoms with Gasteiger partial charge in [0.1, 0.15) is 6.61 Å². The van der Waals surface area contributed by atoms with Crippen molar-refractivity contribution in [3.8, 4) is 11.1 Å². The number of methoxy groups -OCH3 is 1. The van der Waals surface area contributed by atoms with Gasteiger partial charge in [-0.2, -0.15) is 0 Å². The second-order valence-corrected chi connectivity index (χ2v) is 9.25. The van der Waals surface area contributed by atoms with Crippen molar-refractivity contribution < 1.29 is 29.0 Å². The van der Waals surface area contributed by atoms with E-state index in [1.54, 1.807) is 6.92 Å². The van der Waals surface area contributed by atoms with E-state index in [4.69, 9.17) is 9.47 Å². The summed E-state index contributed by atoms with van der Waals surface area (Å²) < 4.78 is 10.6. The molecule has 0 heterocycles. The highest BCUT2D eigenvalue weighted by atomic mass is 16.5. The van der Waals surface area contributed by atoms with Crippen LogP contribution in [0.5, 0.6) is 0 Å². The van der Waals surface area contributed by atoms with Gasteiger partial charge in [-0.15, -0.1) is 0 Å². The molecule has 1 aliphatic rings. The molecule has 0 bridgehead atoms. The molecule has 2 amide bonds. The Morgan fingerprint density at radius 2 is 1.60 bits per heavy atom. The highest BCUT2D eigenvalue weighted by Crippen LogP contribution is 2.44. The molecule has 35 heavy (non-hydrogen) atoms. The van der Waals surface area contributed by atoms with Crippen LogP contribution < -0.4 is 10.6 Å². The minimum absolute atomic E-state index is 0.0660. The van der Waals surface area contributed by atoms with E-state index >= 15 is 0 Å². The quantitative estimate of drug-likeness (QED) is 0.447. The van der Waals surface area contributed by atoms with Crippen molar-refractivity contribution in [1.82, 2.24) is 10.6 Å². The number of carboxylic acids is 1. The standard InChI is InChI=1S/C27H34N2O6/c1-5-27(16-34-4,25(31)32)29-24(30)14-23(17(2)3)28-26(33)35-15-22-20-12-8-6-10-18(20)19-11-7-9-13-21(19)22/h6-13,17,22-23H,5,14-16H2,1-4H3,(H,28,33)(H,29,30)(H,31,32)/t23-,27?/m1/s1. The van der Waals surface area contributed by atoms with Crippen LogP contribution in [0.1, 0.15) is 50.7 Å². The lowest BCUT2D eigenvalue weighted by molar-refractivity contribution is -0.150. The van der Waals surface area contributed by atoms with E-state index in [2.05, 4.69) is 22.8 Å². The zero-order valence-electron chi connectivity index (χ0n) is 20.7. The third-order valence-electron chi connectivity index (χ3n) is 6.64. The highest BCUT2D eigenvalue weighted by Gasteiger charge is 2.39. The number of carboxylic acid groups (broad SMARTS) is 1. The zero-order valence-corrected chi connectivity index (χ0v) is 20.7. The van der Waals surface area contributed by atoms with Gasteiger partial charge in [0.15, 0.2) is 5.54 Å². The molecule has 2 atom stereocenters. The molecule has 2 aromatic rings. The number of rotatable bonds is 11. The molecule has 188 valence electrons. The monoisotopic (exact) mass is 482 g/mol. The second-order valence-electron chi connectivity index (χ2n) is 9.25. The first-order valence-electron chi connectivity index (χ1n) is 11.9. The Morgan fingerprint density at radius 1 is 1.03 bits per heavy atom. The van der Waals surface area contributed by atoms with E-state index in [1.807, 2.05) is 50.2 Å². The van der Waals surface area contributed by atoms with E-state index in [1.165, 1.54) is 7.11 Å². The van der Waals surface area contributed by atoms with E-state index in [0.29, 0.717) is 0 Å². The van der Waals surface area contributed by atoms with Crippen molar-refractivity contribution in [3.63, 3.8) is 0 Å². The third kappa shape index (κ3) is 5.82. The number of hydrogen-bond donors (Lipinski definition) is 3. The van der Waals surface area contributed by atoms with Gasteiger partial charge in [0, 0.05) is 25.5 Å². The number of amides is 2. The molecule has 0 fully saturated rings. The molecule has 0 saturated heterocycles. The summed E-state index contributed by atoms with van der Waals surface area (Å²) in [6.07, 6.45) is -0.537. The van der Waals surface area contributed by atoms with Gasteiger partial charge in [0.05, 0.1) is 6.61 Å². The third-order valence-corrected chi connectivity index (χ3v) is 6.64. The summed E-state index contributed by atoms with van der Waals surface area (Å²) in [6, 6.07) is 15.6. The molecule has 8 nitrogen and oxygen atoms in total. The minimum atomic E-state index is -1.52. The fourth-order valence-corrected chi connectivity index (χ4v) is 4.50. The fraction of sp³-hybridized carbons (Fsp3) is 0.444. The summed E-state index contributed by atoms with van der Waals surface area (Å²) in [7, 11) is 1.38. The molecule has 0 aromatic heterocycles. The van der Waals surface area contributed by atoms with Crippen LogP contribution in [-0.2, 0) is 19.1 Å². The Bertz CT molecular complexity index is 1020. The van der Waals surface area contributed by atoms with Gasteiger partial charge in [-0.1, -0.05) is 69.3 Å². The molecular formula is C27H34N2O6. The van der Waals surface area contributed by atoms with Crippen LogP contribution in [0.25, 0.3) is 11.1 Å². The maximum absolute atomic E-state index is 12.7. The second kappa shape index (κ2) is 11.4. The Labute approximate surface area is 206 Å². The van der Waals surface area contributed by atoms with Crippen molar-refractivity contribution in [1.29, 1.82) is 0 Å². The molecular weight excluding hydrogens is 448 g/mol. The van der Waals surface area contributed by atoms with Crippen molar-refractivity contribution in [2.24, 2.45) is 5.92 Å². The molecule has 0 saturated carbocycles. The number of aliphatic carboxylic acids is 1. The average Bonchev–Trinajstić information content (AvgIpc) is 3.15. The van der Waals surface area contributed by atoms with Crippen LogP contribution in [0.4, 0.5) is 4.79 Å². The van der Waals surface area contributed by atoms with Crippen LogP contribution in [0, 0.1) is 5.92 Å². The van der Waals surface area contributed by atoms with Crippen LogP contribution in [0.2, 0.25) is 0 Å². The van der Waals surface area contributed by atoms with Crippen molar-refractivity contribution in [2.75, 3.05) is 20.3 Å². The van der Waals surface area contributed by atoms with Crippen molar-refractivity contribution >= 4 is 18.0 Å². The summed E-state index contributed by atoms with van der Waals surface area (Å²) in [5.74, 6) is -1.79. The summed E-state index contributed by atoms with van der Waals surface area (Å²) in [6.45, 7) is 5.43. The van der Waals surface area contributed by atoms with Crippen LogP contribution in [0.3, 0.4) is 0 Å². The lowest BCUT2D eigenvalue weighted by Crippen LogP contribution is -2.58. The van der Waals surface area contributed by atoms with Crippen molar-refractivity contribution in [2.45, 2.75) is 51.1 Å². The Balaban J connectivity index is 1.63. The normalized spacial score (nSPS) is 15.0. The van der Waals surface area contributed by atoms with Gasteiger partial charge < -0.3 is 25.2 Å². The lowest BCUT2D eigenvalue weighted by Gasteiger charge is -2.30. The van der Waals surface area contributed by atoms with Gasteiger partial charge in [0.2, 0.25) is 5.91 Å². The van der Waals surface area contributed by atoms with Crippen LogP contribution in [-0.4, -0.2) is 55.0 Å². The van der Waals surface area contributed by atoms with Gasteiger partial charge in [-0.25, -0.2) is 9.59 Å². The number of ether oxygens (including phenoxy) is 2. The first-order chi connectivity index (χ1) is 16.7.